The number of halogens is 1. The molecule has 0 bridgehead atoms. The molecule has 2 aromatic rings. The van der Waals surface area contributed by atoms with Gasteiger partial charge in [-0.05, 0) is 38.3 Å². The number of nitrogens with zero attached hydrogens (tertiary/aromatic N) is 2. The number of piperidine rings is 1. The molecule has 4 nitrogen and oxygen atoms in total. The molecule has 1 fully saturated rings. The highest BCUT2D eigenvalue weighted by molar-refractivity contribution is 7.09. The number of carbonyl (C=O) groups is 1. The number of benzene rings is 1. The maximum Gasteiger partial charge on any atom is 0.226 e. The van der Waals surface area contributed by atoms with E-state index in [1.165, 1.54) is 6.07 Å². The molecule has 1 aliphatic rings. The van der Waals surface area contributed by atoms with E-state index in [1.54, 1.807) is 29.5 Å². The fraction of sp³-hybridized carbons (Fsp3) is 0.444. The summed E-state index contributed by atoms with van der Waals surface area (Å²) in [5.41, 5.74) is 0.996. The van der Waals surface area contributed by atoms with Crippen molar-refractivity contribution in [2.24, 2.45) is 0 Å². The third-order valence-electron chi connectivity index (χ3n) is 4.16. The van der Waals surface area contributed by atoms with Gasteiger partial charge in [-0.2, -0.15) is 0 Å². The molecular weight excluding hydrogens is 327 g/mol. The molecule has 1 atom stereocenters. The molecule has 2 heterocycles. The molecule has 1 aliphatic heterocycles. The van der Waals surface area contributed by atoms with Crippen LogP contribution >= 0.6 is 11.3 Å². The summed E-state index contributed by atoms with van der Waals surface area (Å²) in [4.78, 5) is 19.1. The number of hydrogen-bond donors (Lipinski definition) is 0. The highest BCUT2D eigenvalue weighted by Gasteiger charge is 2.29. The smallest absolute Gasteiger partial charge is 0.226 e. The Morgan fingerprint density at radius 1 is 1.42 bits per heavy atom. The van der Waals surface area contributed by atoms with Gasteiger partial charge in [0.25, 0.3) is 0 Å². The van der Waals surface area contributed by atoms with E-state index >= 15 is 0 Å². The number of amides is 1. The van der Waals surface area contributed by atoms with Crippen molar-refractivity contribution in [2.75, 3.05) is 13.2 Å². The van der Waals surface area contributed by atoms with Crippen LogP contribution in [0.4, 0.5) is 4.39 Å². The summed E-state index contributed by atoms with van der Waals surface area (Å²) >= 11 is 1.61. The molecule has 1 amide bonds. The van der Waals surface area contributed by atoms with E-state index in [9.17, 15) is 9.18 Å². The fourth-order valence-corrected chi connectivity index (χ4v) is 3.91. The molecule has 3 rings (SSSR count). The van der Waals surface area contributed by atoms with Crippen molar-refractivity contribution in [3.05, 3.63) is 46.2 Å². The van der Waals surface area contributed by atoms with Crippen molar-refractivity contribution in [2.45, 2.75) is 38.6 Å². The molecular formula is C18H21FN2O2S. The maximum absolute atomic E-state index is 13.5. The molecule has 6 heteroatoms. The van der Waals surface area contributed by atoms with E-state index in [0.29, 0.717) is 0 Å². The highest BCUT2D eigenvalue weighted by Crippen LogP contribution is 2.33. The molecule has 1 aromatic carbocycles. The number of para-hydroxylation sites is 1. The van der Waals surface area contributed by atoms with E-state index in [2.05, 4.69) is 4.98 Å². The molecule has 0 radical (unpaired) electrons. The second-order valence-electron chi connectivity index (χ2n) is 5.95. The van der Waals surface area contributed by atoms with Crippen molar-refractivity contribution < 1.29 is 13.9 Å². The summed E-state index contributed by atoms with van der Waals surface area (Å²) in [5, 5.41) is 3.03. The van der Waals surface area contributed by atoms with Crippen LogP contribution in [-0.2, 0) is 4.79 Å². The third-order valence-corrected chi connectivity index (χ3v) is 5.22. The first kappa shape index (κ1) is 16.9. The van der Waals surface area contributed by atoms with Crippen molar-refractivity contribution in [1.29, 1.82) is 0 Å². The minimum atomic E-state index is -0.404. The van der Waals surface area contributed by atoms with Gasteiger partial charge >= 0.3 is 0 Å². The van der Waals surface area contributed by atoms with Crippen LogP contribution in [0.15, 0.2) is 29.6 Å². The quantitative estimate of drug-likeness (QED) is 0.816. The Balaban J connectivity index is 1.59. The SMILES string of the molecule is Cc1csc([C@H]2CCCCN2C(=O)CCOc2ccccc2F)n1. The zero-order chi connectivity index (χ0) is 16.9. The van der Waals surface area contributed by atoms with Crippen molar-refractivity contribution in [3.63, 3.8) is 0 Å². The van der Waals surface area contributed by atoms with Gasteiger partial charge in [-0.25, -0.2) is 9.37 Å². The Bertz CT molecular complexity index is 704. The van der Waals surface area contributed by atoms with Crippen LogP contribution in [0, 0.1) is 12.7 Å². The Morgan fingerprint density at radius 3 is 3.00 bits per heavy atom. The number of carbonyl (C=O) groups excluding carboxylic acids is 1. The van der Waals surface area contributed by atoms with Crippen LogP contribution in [0.1, 0.15) is 42.4 Å². The van der Waals surface area contributed by atoms with Gasteiger partial charge < -0.3 is 9.64 Å². The lowest BCUT2D eigenvalue weighted by molar-refractivity contribution is -0.135. The zero-order valence-corrected chi connectivity index (χ0v) is 14.5. The van der Waals surface area contributed by atoms with Gasteiger partial charge in [0.1, 0.15) is 5.01 Å². The third kappa shape index (κ3) is 3.93. The van der Waals surface area contributed by atoms with Crippen LogP contribution in [0.2, 0.25) is 0 Å². The lowest BCUT2D eigenvalue weighted by Gasteiger charge is -2.34. The van der Waals surface area contributed by atoms with Gasteiger partial charge in [0.15, 0.2) is 11.6 Å². The number of hydrogen-bond acceptors (Lipinski definition) is 4. The number of ether oxygens (including phenoxy) is 1. The summed E-state index contributed by atoms with van der Waals surface area (Å²) in [7, 11) is 0. The molecule has 24 heavy (non-hydrogen) atoms. The molecule has 0 aliphatic carbocycles. The first-order chi connectivity index (χ1) is 11.6. The Labute approximate surface area is 145 Å². The summed E-state index contributed by atoms with van der Waals surface area (Å²) < 4.78 is 18.9. The van der Waals surface area contributed by atoms with Crippen molar-refractivity contribution >= 4 is 17.2 Å². The van der Waals surface area contributed by atoms with Gasteiger partial charge in [0.2, 0.25) is 5.91 Å². The van der Waals surface area contributed by atoms with Gasteiger partial charge in [-0.1, -0.05) is 12.1 Å². The summed E-state index contributed by atoms with van der Waals surface area (Å²) in [6, 6.07) is 6.32. The second-order valence-corrected chi connectivity index (χ2v) is 6.84. The largest absolute Gasteiger partial charge is 0.490 e. The first-order valence-corrected chi connectivity index (χ1v) is 9.12. The van der Waals surface area contributed by atoms with Gasteiger partial charge in [0, 0.05) is 17.6 Å². The predicted molar refractivity (Wildman–Crippen MR) is 91.7 cm³/mol. The number of aryl methyl sites for hydroxylation is 1. The van der Waals surface area contributed by atoms with Crippen LogP contribution in [0.25, 0.3) is 0 Å². The number of rotatable bonds is 5. The van der Waals surface area contributed by atoms with Gasteiger partial charge in [0.05, 0.1) is 19.1 Å². The lowest BCUT2D eigenvalue weighted by Crippen LogP contribution is -2.39. The summed E-state index contributed by atoms with van der Waals surface area (Å²) in [6.07, 6.45) is 3.32. The van der Waals surface area contributed by atoms with Crippen molar-refractivity contribution in [1.82, 2.24) is 9.88 Å². The number of likely N-dealkylation sites (tertiary alicyclic amines) is 1. The monoisotopic (exact) mass is 348 g/mol. The molecule has 128 valence electrons. The van der Waals surface area contributed by atoms with Gasteiger partial charge in [-0.3, -0.25) is 4.79 Å². The Hall–Kier alpha value is -1.95. The first-order valence-electron chi connectivity index (χ1n) is 8.24. The highest BCUT2D eigenvalue weighted by atomic mass is 32.1. The molecule has 0 N–H and O–H groups in total. The van der Waals surface area contributed by atoms with Crippen LogP contribution < -0.4 is 4.74 Å². The summed E-state index contributed by atoms with van der Waals surface area (Å²) in [5.74, 6) is -0.168. The van der Waals surface area contributed by atoms with Gasteiger partial charge in [-0.15, -0.1) is 11.3 Å². The maximum atomic E-state index is 13.5. The zero-order valence-electron chi connectivity index (χ0n) is 13.7. The van der Waals surface area contributed by atoms with E-state index in [-0.39, 0.29) is 30.7 Å². The standard InChI is InChI=1S/C18H21FN2O2S/c1-13-12-24-18(20-13)15-7-4-5-10-21(15)17(22)9-11-23-16-8-3-2-6-14(16)19/h2-3,6,8,12,15H,4-5,7,9-11H2,1H3/t15-/m1/s1. The average molecular weight is 348 g/mol. The normalized spacial score (nSPS) is 17.8. The Morgan fingerprint density at radius 2 is 2.25 bits per heavy atom. The molecule has 1 aromatic heterocycles. The molecule has 0 saturated carbocycles. The molecule has 1 saturated heterocycles. The molecule has 0 unspecified atom stereocenters. The van der Waals surface area contributed by atoms with Crippen LogP contribution in [0.5, 0.6) is 5.75 Å². The number of thiazole rings is 1. The second kappa shape index (κ2) is 7.75. The van der Waals surface area contributed by atoms with Crippen LogP contribution in [-0.4, -0.2) is 28.9 Å². The number of aromatic nitrogens is 1. The van der Waals surface area contributed by atoms with E-state index in [4.69, 9.17) is 4.74 Å². The predicted octanol–water partition coefficient (Wildman–Crippen LogP) is 4.11. The molecule has 0 spiro atoms. The van der Waals surface area contributed by atoms with Crippen molar-refractivity contribution in [3.8, 4) is 5.75 Å². The average Bonchev–Trinajstić information content (AvgIpc) is 3.03. The topological polar surface area (TPSA) is 42.4 Å². The Kier molecular flexibility index (Phi) is 5.45. The van der Waals surface area contributed by atoms with E-state index in [0.717, 1.165) is 36.5 Å². The van der Waals surface area contributed by atoms with E-state index in [1.807, 2.05) is 17.2 Å². The fourth-order valence-electron chi connectivity index (χ4n) is 2.97. The van der Waals surface area contributed by atoms with E-state index < -0.39 is 5.82 Å². The van der Waals surface area contributed by atoms with Crippen LogP contribution in [0.3, 0.4) is 0 Å². The minimum Gasteiger partial charge on any atom is -0.490 e. The lowest BCUT2D eigenvalue weighted by atomic mass is 10.0. The summed E-state index contributed by atoms with van der Waals surface area (Å²) in [6.45, 7) is 2.90. The minimum absolute atomic E-state index is 0.0453.